The van der Waals surface area contributed by atoms with Crippen molar-refractivity contribution in [2.24, 2.45) is 4.99 Å². The highest BCUT2D eigenvalue weighted by molar-refractivity contribution is 14.0. The standard InChI is InChI=1S/C19H21F2N3.HI/c1-22-19(23-10-9-14-11-15(20)7-8-17(14)21)24-18-12-16(18)13-5-3-2-4-6-13;/h2-8,11,16,18H,9-10,12H2,1H3,(H2,22,23,24);1H. The third-order valence-electron chi connectivity index (χ3n) is 4.26. The van der Waals surface area contributed by atoms with Gasteiger partial charge in [-0.2, -0.15) is 0 Å². The van der Waals surface area contributed by atoms with Crippen molar-refractivity contribution in [3.63, 3.8) is 0 Å². The van der Waals surface area contributed by atoms with Gasteiger partial charge in [-0.3, -0.25) is 4.99 Å². The predicted octanol–water partition coefficient (Wildman–Crippen LogP) is 3.85. The fourth-order valence-corrected chi connectivity index (χ4v) is 2.84. The second kappa shape index (κ2) is 9.12. The smallest absolute Gasteiger partial charge is 0.191 e. The van der Waals surface area contributed by atoms with Crippen molar-refractivity contribution in [1.29, 1.82) is 0 Å². The molecule has 0 saturated heterocycles. The average molecular weight is 457 g/mol. The van der Waals surface area contributed by atoms with Crippen LogP contribution in [0.15, 0.2) is 53.5 Å². The normalized spacial score (nSPS) is 19.1. The van der Waals surface area contributed by atoms with Gasteiger partial charge in [0.25, 0.3) is 0 Å². The molecule has 2 unspecified atom stereocenters. The van der Waals surface area contributed by atoms with Crippen LogP contribution in [0, 0.1) is 11.6 Å². The van der Waals surface area contributed by atoms with Crippen LogP contribution >= 0.6 is 24.0 Å². The highest BCUT2D eigenvalue weighted by atomic mass is 127. The van der Waals surface area contributed by atoms with E-state index in [0.717, 1.165) is 18.6 Å². The Morgan fingerprint density at radius 1 is 1.16 bits per heavy atom. The zero-order chi connectivity index (χ0) is 16.9. The van der Waals surface area contributed by atoms with Crippen LogP contribution in [0.5, 0.6) is 0 Å². The second-order valence-corrected chi connectivity index (χ2v) is 5.99. The molecule has 1 aliphatic carbocycles. The summed E-state index contributed by atoms with van der Waals surface area (Å²) in [5, 5.41) is 6.53. The number of halogens is 3. The first-order chi connectivity index (χ1) is 11.7. The summed E-state index contributed by atoms with van der Waals surface area (Å²) in [6.45, 7) is 0.489. The van der Waals surface area contributed by atoms with Gasteiger partial charge in [0.15, 0.2) is 5.96 Å². The SMILES string of the molecule is CN=C(NCCc1cc(F)ccc1F)NC1CC1c1ccccc1.I. The van der Waals surface area contributed by atoms with E-state index in [9.17, 15) is 8.78 Å². The minimum absolute atomic E-state index is 0. The number of nitrogens with zero attached hydrogens (tertiary/aromatic N) is 1. The Morgan fingerprint density at radius 2 is 1.92 bits per heavy atom. The van der Waals surface area contributed by atoms with E-state index < -0.39 is 5.82 Å². The Bertz CT molecular complexity index is 722. The maximum Gasteiger partial charge on any atom is 0.191 e. The molecule has 0 spiro atoms. The van der Waals surface area contributed by atoms with E-state index in [1.165, 1.54) is 11.6 Å². The van der Waals surface area contributed by atoms with E-state index in [-0.39, 0.29) is 29.8 Å². The molecule has 134 valence electrons. The van der Waals surface area contributed by atoms with Crippen molar-refractivity contribution in [2.75, 3.05) is 13.6 Å². The Kier molecular flexibility index (Phi) is 7.16. The summed E-state index contributed by atoms with van der Waals surface area (Å²) in [5.41, 5.74) is 1.69. The quantitative estimate of drug-likeness (QED) is 0.407. The molecule has 3 nitrogen and oxygen atoms in total. The number of aliphatic imine (C=N–C) groups is 1. The predicted molar refractivity (Wildman–Crippen MR) is 108 cm³/mol. The van der Waals surface area contributed by atoms with Gasteiger partial charge in [-0.25, -0.2) is 8.78 Å². The maximum absolute atomic E-state index is 13.6. The van der Waals surface area contributed by atoms with Gasteiger partial charge < -0.3 is 10.6 Å². The Balaban J connectivity index is 0.00000225. The molecule has 0 heterocycles. The maximum atomic E-state index is 13.6. The van der Waals surface area contributed by atoms with Crippen LogP contribution in [0.4, 0.5) is 8.78 Å². The average Bonchev–Trinajstić information content (AvgIpc) is 3.37. The van der Waals surface area contributed by atoms with E-state index in [4.69, 9.17) is 0 Å². The summed E-state index contributed by atoms with van der Waals surface area (Å²) in [7, 11) is 1.71. The zero-order valence-electron chi connectivity index (χ0n) is 14.0. The molecule has 25 heavy (non-hydrogen) atoms. The molecule has 6 heteroatoms. The lowest BCUT2D eigenvalue weighted by molar-refractivity contribution is 0.583. The van der Waals surface area contributed by atoms with Crippen LogP contribution in [-0.4, -0.2) is 25.6 Å². The van der Waals surface area contributed by atoms with Crippen molar-refractivity contribution in [3.05, 3.63) is 71.3 Å². The lowest BCUT2D eigenvalue weighted by atomic mass is 10.1. The van der Waals surface area contributed by atoms with Gasteiger partial charge in [-0.15, -0.1) is 24.0 Å². The van der Waals surface area contributed by atoms with Gasteiger partial charge in [-0.05, 0) is 42.2 Å². The first kappa shape index (κ1) is 19.6. The Morgan fingerprint density at radius 3 is 2.64 bits per heavy atom. The van der Waals surface area contributed by atoms with Crippen molar-refractivity contribution in [3.8, 4) is 0 Å². The lowest BCUT2D eigenvalue weighted by Gasteiger charge is -2.12. The summed E-state index contributed by atoms with van der Waals surface area (Å²) in [6.07, 6.45) is 1.47. The third-order valence-corrected chi connectivity index (χ3v) is 4.26. The molecule has 2 aromatic rings. The van der Waals surface area contributed by atoms with Crippen LogP contribution in [0.2, 0.25) is 0 Å². The van der Waals surface area contributed by atoms with E-state index >= 15 is 0 Å². The number of guanidine groups is 1. The van der Waals surface area contributed by atoms with Gasteiger partial charge in [0.1, 0.15) is 11.6 Å². The minimum Gasteiger partial charge on any atom is -0.356 e. The molecule has 0 bridgehead atoms. The summed E-state index contributed by atoms with van der Waals surface area (Å²) in [5.74, 6) is 0.394. The van der Waals surface area contributed by atoms with Crippen LogP contribution < -0.4 is 10.6 Å². The Hall–Kier alpha value is -1.70. The van der Waals surface area contributed by atoms with Crippen LogP contribution in [0.3, 0.4) is 0 Å². The van der Waals surface area contributed by atoms with Crippen molar-refractivity contribution >= 4 is 29.9 Å². The topological polar surface area (TPSA) is 36.4 Å². The van der Waals surface area contributed by atoms with Crippen molar-refractivity contribution < 1.29 is 8.78 Å². The van der Waals surface area contributed by atoms with Gasteiger partial charge in [0.2, 0.25) is 0 Å². The highest BCUT2D eigenvalue weighted by Crippen LogP contribution is 2.40. The molecule has 0 aliphatic heterocycles. The molecule has 1 aliphatic rings. The summed E-state index contributed by atoms with van der Waals surface area (Å²) >= 11 is 0. The molecule has 2 atom stereocenters. The molecule has 0 aromatic heterocycles. The highest BCUT2D eigenvalue weighted by Gasteiger charge is 2.38. The van der Waals surface area contributed by atoms with Gasteiger partial charge in [-0.1, -0.05) is 30.3 Å². The van der Waals surface area contributed by atoms with E-state index in [2.05, 4.69) is 27.8 Å². The molecule has 3 rings (SSSR count). The van der Waals surface area contributed by atoms with E-state index in [1.54, 1.807) is 7.05 Å². The second-order valence-electron chi connectivity index (χ2n) is 5.99. The van der Waals surface area contributed by atoms with Crippen molar-refractivity contribution in [2.45, 2.75) is 24.8 Å². The fourth-order valence-electron chi connectivity index (χ4n) is 2.84. The van der Waals surface area contributed by atoms with Gasteiger partial charge in [0, 0.05) is 25.6 Å². The van der Waals surface area contributed by atoms with Gasteiger partial charge >= 0.3 is 0 Å². The summed E-state index contributed by atoms with van der Waals surface area (Å²) in [4.78, 5) is 4.19. The van der Waals surface area contributed by atoms with E-state index in [0.29, 0.717) is 36.4 Å². The molecule has 1 fully saturated rings. The van der Waals surface area contributed by atoms with Crippen LogP contribution in [0.1, 0.15) is 23.5 Å². The number of nitrogens with one attached hydrogen (secondary N) is 2. The molecular weight excluding hydrogens is 435 g/mol. The summed E-state index contributed by atoms with van der Waals surface area (Å²) < 4.78 is 26.8. The molecule has 1 saturated carbocycles. The zero-order valence-corrected chi connectivity index (χ0v) is 16.3. The van der Waals surface area contributed by atoms with Crippen LogP contribution in [-0.2, 0) is 6.42 Å². The third kappa shape index (κ3) is 5.39. The minimum atomic E-state index is -0.419. The first-order valence-electron chi connectivity index (χ1n) is 8.13. The fraction of sp³-hybridized carbons (Fsp3) is 0.316. The Labute approximate surface area is 164 Å². The molecule has 2 aromatic carbocycles. The monoisotopic (exact) mass is 457 g/mol. The summed E-state index contributed by atoms with van der Waals surface area (Å²) in [6, 6.07) is 14.3. The molecule has 2 N–H and O–H groups in total. The number of hydrogen-bond acceptors (Lipinski definition) is 1. The molecule has 0 radical (unpaired) electrons. The van der Waals surface area contributed by atoms with E-state index in [1.807, 2.05) is 18.2 Å². The number of hydrogen-bond donors (Lipinski definition) is 2. The number of rotatable bonds is 5. The first-order valence-corrected chi connectivity index (χ1v) is 8.13. The number of benzene rings is 2. The molecular formula is C19H22F2IN3. The van der Waals surface area contributed by atoms with Gasteiger partial charge in [0.05, 0.1) is 0 Å². The molecule has 0 amide bonds. The van der Waals surface area contributed by atoms with Crippen LogP contribution in [0.25, 0.3) is 0 Å². The largest absolute Gasteiger partial charge is 0.356 e. The lowest BCUT2D eigenvalue weighted by Crippen LogP contribution is -2.40. The van der Waals surface area contributed by atoms with Crippen molar-refractivity contribution in [1.82, 2.24) is 10.6 Å².